The standard InChI is InChI=1S/C10H8.C2H4O2S/c1-2-6-10-8-4-3-7-9(10)5-1;1-2-5(3)4/h1-8H;2H,1H3. The Hall–Kier alpha value is -1.61. The van der Waals surface area contributed by atoms with Gasteiger partial charge in [-0.1, -0.05) is 48.5 Å². The lowest BCUT2D eigenvalue weighted by Crippen LogP contribution is -1.67. The normalized spacial score (nSPS) is 8.87. The van der Waals surface area contributed by atoms with Crippen molar-refractivity contribution in [1.29, 1.82) is 0 Å². The molecule has 0 spiro atoms. The van der Waals surface area contributed by atoms with Gasteiger partial charge in [0.05, 0.1) is 0 Å². The summed E-state index contributed by atoms with van der Waals surface area (Å²) in [5.74, 6) is 0. The van der Waals surface area contributed by atoms with Crippen LogP contribution < -0.4 is 0 Å². The smallest absolute Gasteiger partial charge is 0.185 e. The topological polar surface area (TPSA) is 34.1 Å². The fraction of sp³-hybridized carbons (Fsp3) is 0.0833. The summed E-state index contributed by atoms with van der Waals surface area (Å²) in [5, 5.41) is 3.70. The third-order valence-corrected chi connectivity index (χ3v) is 2.24. The number of hydrogen-bond donors (Lipinski definition) is 0. The van der Waals surface area contributed by atoms with Gasteiger partial charge < -0.3 is 0 Å². The van der Waals surface area contributed by atoms with Crippen LogP contribution in [0.2, 0.25) is 0 Å². The van der Waals surface area contributed by atoms with E-state index in [9.17, 15) is 8.42 Å². The minimum atomic E-state index is -1.95. The third-order valence-electron chi connectivity index (χ3n) is 1.85. The van der Waals surface area contributed by atoms with Gasteiger partial charge in [0.15, 0.2) is 0 Å². The Labute approximate surface area is 90.7 Å². The molecule has 0 fully saturated rings. The van der Waals surface area contributed by atoms with Gasteiger partial charge in [0, 0.05) is 5.37 Å². The van der Waals surface area contributed by atoms with Crippen LogP contribution in [-0.2, 0) is 10.3 Å². The van der Waals surface area contributed by atoms with Gasteiger partial charge in [-0.3, -0.25) is 0 Å². The summed E-state index contributed by atoms with van der Waals surface area (Å²) in [4.78, 5) is 0. The Morgan fingerprint density at radius 1 is 0.867 bits per heavy atom. The van der Waals surface area contributed by atoms with Crippen LogP contribution in [0.5, 0.6) is 0 Å². The number of fused-ring (bicyclic) bond motifs is 1. The highest BCUT2D eigenvalue weighted by molar-refractivity contribution is 7.71. The molecule has 0 aliphatic heterocycles. The monoisotopic (exact) mass is 220 g/mol. The predicted molar refractivity (Wildman–Crippen MR) is 64.6 cm³/mol. The molecule has 3 heteroatoms. The van der Waals surface area contributed by atoms with E-state index >= 15 is 0 Å². The van der Waals surface area contributed by atoms with Crippen LogP contribution in [0.15, 0.2) is 48.5 Å². The molecule has 0 saturated carbocycles. The fourth-order valence-corrected chi connectivity index (χ4v) is 1.13. The van der Waals surface area contributed by atoms with Gasteiger partial charge >= 0.3 is 0 Å². The molecule has 15 heavy (non-hydrogen) atoms. The summed E-state index contributed by atoms with van der Waals surface area (Å²) in [6.07, 6.45) is 0. The minimum Gasteiger partial charge on any atom is -0.185 e. The van der Waals surface area contributed by atoms with Gasteiger partial charge in [0.25, 0.3) is 0 Å². The van der Waals surface area contributed by atoms with Crippen molar-refractivity contribution < 1.29 is 8.42 Å². The predicted octanol–water partition coefficient (Wildman–Crippen LogP) is 2.53. The highest BCUT2D eigenvalue weighted by atomic mass is 32.2. The largest absolute Gasteiger partial charge is 0.209 e. The number of hydrogen-bond acceptors (Lipinski definition) is 2. The van der Waals surface area contributed by atoms with Gasteiger partial charge in [-0.25, -0.2) is 0 Å². The van der Waals surface area contributed by atoms with Gasteiger partial charge in [-0.2, -0.15) is 8.42 Å². The first kappa shape index (κ1) is 11.5. The minimum absolute atomic E-state index is 1.08. The molecule has 78 valence electrons. The van der Waals surface area contributed by atoms with Crippen molar-refractivity contribution >= 4 is 26.4 Å². The van der Waals surface area contributed by atoms with Crippen molar-refractivity contribution in [3.63, 3.8) is 0 Å². The van der Waals surface area contributed by atoms with E-state index in [4.69, 9.17) is 0 Å². The molecule has 0 atom stereocenters. The second kappa shape index (κ2) is 5.98. The van der Waals surface area contributed by atoms with Crippen LogP contribution in [0.25, 0.3) is 10.8 Å². The zero-order valence-corrected chi connectivity index (χ0v) is 9.24. The maximum Gasteiger partial charge on any atom is 0.209 e. The van der Waals surface area contributed by atoms with Crippen molar-refractivity contribution in [1.82, 2.24) is 0 Å². The van der Waals surface area contributed by atoms with E-state index in [2.05, 4.69) is 48.5 Å². The molecule has 2 aromatic carbocycles. The van der Waals surface area contributed by atoms with Crippen LogP contribution >= 0.6 is 0 Å². The molecule has 0 unspecified atom stereocenters. The molecular formula is C12H12O2S. The highest BCUT2D eigenvalue weighted by Crippen LogP contribution is 2.11. The number of benzene rings is 2. The van der Waals surface area contributed by atoms with E-state index < -0.39 is 10.3 Å². The Bertz CT molecular complexity index is 483. The second-order valence-electron chi connectivity index (χ2n) is 2.84. The molecule has 0 aromatic heterocycles. The van der Waals surface area contributed by atoms with Crippen LogP contribution in [0, 0.1) is 0 Å². The lowest BCUT2D eigenvalue weighted by molar-refractivity contribution is 0.627. The maximum atomic E-state index is 9.31. The first-order chi connectivity index (χ1) is 7.24. The average molecular weight is 220 g/mol. The number of rotatable bonds is 0. The summed E-state index contributed by atoms with van der Waals surface area (Å²) in [5.41, 5.74) is 0. The molecule has 2 rings (SSSR count). The average Bonchev–Trinajstić information content (AvgIpc) is 2.30. The molecule has 2 aromatic rings. The van der Waals surface area contributed by atoms with Crippen molar-refractivity contribution in [2.75, 3.05) is 0 Å². The highest BCUT2D eigenvalue weighted by Gasteiger charge is 1.85. The Balaban J connectivity index is 0.000000195. The molecule has 0 saturated heterocycles. The lowest BCUT2D eigenvalue weighted by Gasteiger charge is -1.92. The molecule has 0 radical (unpaired) electrons. The van der Waals surface area contributed by atoms with E-state index in [-0.39, 0.29) is 0 Å². The van der Waals surface area contributed by atoms with E-state index in [1.165, 1.54) is 17.7 Å². The van der Waals surface area contributed by atoms with Gasteiger partial charge in [-0.15, -0.1) is 0 Å². The van der Waals surface area contributed by atoms with E-state index in [0.717, 1.165) is 5.37 Å². The second-order valence-corrected chi connectivity index (χ2v) is 3.84. The van der Waals surface area contributed by atoms with E-state index in [0.29, 0.717) is 0 Å². The van der Waals surface area contributed by atoms with Crippen LogP contribution in [0.4, 0.5) is 0 Å². The first-order valence-electron chi connectivity index (χ1n) is 4.55. The summed E-state index contributed by atoms with van der Waals surface area (Å²) < 4.78 is 18.6. The molecule has 0 aliphatic carbocycles. The van der Waals surface area contributed by atoms with Crippen LogP contribution in [0.3, 0.4) is 0 Å². The fourth-order valence-electron chi connectivity index (χ4n) is 1.13. The molecule has 0 amide bonds. The molecular weight excluding hydrogens is 208 g/mol. The van der Waals surface area contributed by atoms with Crippen molar-refractivity contribution in [2.24, 2.45) is 0 Å². The van der Waals surface area contributed by atoms with Crippen molar-refractivity contribution in [3.05, 3.63) is 48.5 Å². The zero-order valence-electron chi connectivity index (χ0n) is 8.42. The van der Waals surface area contributed by atoms with Gasteiger partial charge in [0.2, 0.25) is 10.3 Å². The van der Waals surface area contributed by atoms with Crippen molar-refractivity contribution in [2.45, 2.75) is 6.92 Å². The first-order valence-corrected chi connectivity index (χ1v) is 5.69. The summed E-state index contributed by atoms with van der Waals surface area (Å²) >= 11 is 0. The molecule has 0 bridgehead atoms. The van der Waals surface area contributed by atoms with Gasteiger partial charge in [0.1, 0.15) is 0 Å². The molecule has 2 nitrogen and oxygen atoms in total. The lowest BCUT2D eigenvalue weighted by atomic mass is 10.1. The zero-order chi connectivity index (χ0) is 11.1. The van der Waals surface area contributed by atoms with Crippen LogP contribution in [0.1, 0.15) is 6.92 Å². The molecule has 0 aliphatic rings. The SMILES string of the molecule is CC=S(=O)=O.c1ccc2ccccc2c1. The third kappa shape index (κ3) is 3.95. The van der Waals surface area contributed by atoms with E-state index in [1.807, 2.05) is 0 Å². The quantitative estimate of drug-likeness (QED) is 0.639. The molecule has 0 heterocycles. The molecule has 0 N–H and O–H groups in total. The Morgan fingerprint density at radius 2 is 1.13 bits per heavy atom. The maximum absolute atomic E-state index is 9.31. The summed E-state index contributed by atoms with van der Waals surface area (Å²) in [6.45, 7) is 1.46. The summed E-state index contributed by atoms with van der Waals surface area (Å²) in [7, 11) is -1.95. The van der Waals surface area contributed by atoms with Crippen LogP contribution in [-0.4, -0.2) is 13.8 Å². The van der Waals surface area contributed by atoms with Crippen molar-refractivity contribution in [3.8, 4) is 0 Å². The van der Waals surface area contributed by atoms with Gasteiger partial charge in [-0.05, 0) is 17.7 Å². The summed E-state index contributed by atoms with van der Waals surface area (Å²) in [6, 6.07) is 16.7. The Kier molecular flexibility index (Phi) is 4.57. The van der Waals surface area contributed by atoms with E-state index in [1.54, 1.807) is 0 Å². The Morgan fingerprint density at radius 3 is 1.33 bits per heavy atom.